The first-order chi connectivity index (χ1) is 12.7. The Morgan fingerprint density at radius 3 is 2.74 bits per heavy atom. The SMILES string of the molecule is CCN1C(=O)Cc2cc(N3C[C@H](CNC(=O)OC(C)(C)C)OC3=O)ccc21. The van der Waals surface area contributed by atoms with Crippen molar-refractivity contribution < 1.29 is 23.9 Å². The molecule has 0 unspecified atom stereocenters. The van der Waals surface area contributed by atoms with Gasteiger partial charge in [0, 0.05) is 17.9 Å². The van der Waals surface area contributed by atoms with Crippen LogP contribution in [-0.2, 0) is 20.7 Å². The molecule has 0 radical (unpaired) electrons. The van der Waals surface area contributed by atoms with Crippen LogP contribution in [0.15, 0.2) is 18.2 Å². The Morgan fingerprint density at radius 1 is 1.33 bits per heavy atom. The zero-order valence-corrected chi connectivity index (χ0v) is 16.1. The highest BCUT2D eigenvalue weighted by atomic mass is 16.6. The number of ether oxygens (including phenoxy) is 2. The Kier molecular flexibility index (Phi) is 4.99. The fraction of sp³-hybridized carbons (Fsp3) is 0.526. The first-order valence-electron chi connectivity index (χ1n) is 9.06. The third kappa shape index (κ3) is 4.15. The molecule has 2 heterocycles. The van der Waals surface area contributed by atoms with Crippen molar-refractivity contribution in [3.63, 3.8) is 0 Å². The van der Waals surface area contributed by atoms with Crippen LogP contribution in [0.4, 0.5) is 21.0 Å². The molecule has 0 bridgehead atoms. The van der Waals surface area contributed by atoms with Crippen LogP contribution < -0.4 is 15.1 Å². The summed E-state index contributed by atoms with van der Waals surface area (Å²) in [5.74, 6) is 0.0630. The van der Waals surface area contributed by atoms with Crippen molar-refractivity contribution in [3.8, 4) is 0 Å². The Labute approximate surface area is 158 Å². The average molecular weight is 375 g/mol. The summed E-state index contributed by atoms with van der Waals surface area (Å²) in [4.78, 5) is 39.2. The fourth-order valence-electron chi connectivity index (χ4n) is 3.23. The number of nitrogens with zero attached hydrogens (tertiary/aromatic N) is 2. The molecule has 1 fully saturated rings. The number of hydrogen-bond acceptors (Lipinski definition) is 5. The molecule has 1 saturated heterocycles. The van der Waals surface area contributed by atoms with Crippen LogP contribution in [0.25, 0.3) is 0 Å². The Morgan fingerprint density at radius 2 is 2.07 bits per heavy atom. The topological polar surface area (TPSA) is 88.2 Å². The molecule has 1 atom stereocenters. The number of rotatable bonds is 4. The molecule has 1 aromatic carbocycles. The van der Waals surface area contributed by atoms with Gasteiger partial charge in [-0.3, -0.25) is 9.69 Å². The first-order valence-corrected chi connectivity index (χ1v) is 9.06. The van der Waals surface area contributed by atoms with Gasteiger partial charge in [0.05, 0.1) is 19.5 Å². The second-order valence-corrected chi connectivity index (χ2v) is 7.63. The zero-order valence-electron chi connectivity index (χ0n) is 16.1. The number of amides is 3. The van der Waals surface area contributed by atoms with Gasteiger partial charge < -0.3 is 19.7 Å². The quantitative estimate of drug-likeness (QED) is 0.873. The second-order valence-electron chi connectivity index (χ2n) is 7.63. The third-order valence-electron chi connectivity index (χ3n) is 4.37. The van der Waals surface area contributed by atoms with E-state index in [-0.39, 0.29) is 12.5 Å². The lowest BCUT2D eigenvalue weighted by molar-refractivity contribution is -0.117. The summed E-state index contributed by atoms with van der Waals surface area (Å²) in [5, 5.41) is 2.62. The number of carbonyl (C=O) groups excluding carboxylic acids is 3. The number of alkyl carbamates (subject to hydrolysis) is 1. The molecule has 8 nitrogen and oxygen atoms in total. The second kappa shape index (κ2) is 7.09. The molecule has 2 aliphatic rings. The highest BCUT2D eigenvalue weighted by Gasteiger charge is 2.34. The predicted molar refractivity (Wildman–Crippen MR) is 100 cm³/mol. The molecule has 0 spiro atoms. The number of cyclic esters (lactones) is 1. The molecule has 1 N–H and O–H groups in total. The van der Waals surface area contributed by atoms with Crippen LogP contribution in [0.3, 0.4) is 0 Å². The summed E-state index contributed by atoms with van der Waals surface area (Å²) < 4.78 is 10.5. The van der Waals surface area contributed by atoms with Crippen LogP contribution in [0.1, 0.15) is 33.3 Å². The van der Waals surface area contributed by atoms with Crippen LogP contribution in [0, 0.1) is 0 Å². The molecule has 0 aliphatic carbocycles. The van der Waals surface area contributed by atoms with E-state index < -0.39 is 23.9 Å². The van der Waals surface area contributed by atoms with E-state index in [4.69, 9.17) is 9.47 Å². The molecule has 146 valence electrons. The van der Waals surface area contributed by atoms with Gasteiger partial charge in [-0.25, -0.2) is 9.59 Å². The Hall–Kier alpha value is -2.77. The van der Waals surface area contributed by atoms with Gasteiger partial charge in [-0.05, 0) is 51.5 Å². The maximum Gasteiger partial charge on any atom is 0.414 e. The van der Waals surface area contributed by atoms with Gasteiger partial charge in [0.25, 0.3) is 0 Å². The first kappa shape index (κ1) is 19.0. The number of nitrogens with one attached hydrogen (secondary N) is 1. The minimum Gasteiger partial charge on any atom is -0.444 e. The standard InChI is InChI=1S/C19H25N3O5/c1-5-21-15-7-6-13(8-12(15)9-16(21)23)22-11-14(26-18(22)25)10-20-17(24)27-19(2,3)4/h6-8,14H,5,9-11H2,1-4H3,(H,20,24)/t14-/m0/s1. The minimum atomic E-state index is -0.587. The number of likely N-dealkylation sites (N-methyl/N-ethyl adjacent to an activating group) is 1. The van der Waals surface area contributed by atoms with E-state index in [2.05, 4.69) is 5.32 Å². The van der Waals surface area contributed by atoms with Crippen LogP contribution in [0.2, 0.25) is 0 Å². The average Bonchev–Trinajstić information content (AvgIpc) is 3.09. The molecule has 3 amide bonds. The van der Waals surface area contributed by atoms with Gasteiger partial charge in [-0.15, -0.1) is 0 Å². The summed E-state index contributed by atoms with van der Waals surface area (Å²) in [6, 6.07) is 5.53. The van der Waals surface area contributed by atoms with E-state index in [1.807, 2.05) is 25.1 Å². The number of hydrogen-bond donors (Lipinski definition) is 1. The van der Waals surface area contributed by atoms with Crippen molar-refractivity contribution in [1.82, 2.24) is 5.32 Å². The summed E-state index contributed by atoms with van der Waals surface area (Å²) >= 11 is 0. The van der Waals surface area contributed by atoms with Gasteiger partial charge >= 0.3 is 12.2 Å². The van der Waals surface area contributed by atoms with Gasteiger partial charge in [-0.2, -0.15) is 0 Å². The number of anilines is 2. The highest BCUT2D eigenvalue weighted by Crippen LogP contribution is 2.33. The molecule has 1 aromatic rings. The number of fused-ring (bicyclic) bond motifs is 1. The number of benzene rings is 1. The zero-order chi connectivity index (χ0) is 19.8. The van der Waals surface area contributed by atoms with Gasteiger partial charge in [0.1, 0.15) is 11.7 Å². The van der Waals surface area contributed by atoms with Crippen molar-refractivity contribution in [2.24, 2.45) is 0 Å². The van der Waals surface area contributed by atoms with Crippen LogP contribution >= 0.6 is 0 Å². The lowest BCUT2D eigenvalue weighted by Gasteiger charge is -2.20. The van der Waals surface area contributed by atoms with Gasteiger partial charge in [-0.1, -0.05) is 0 Å². The van der Waals surface area contributed by atoms with Crippen molar-refractivity contribution in [2.45, 2.75) is 45.8 Å². The van der Waals surface area contributed by atoms with Crippen LogP contribution in [0.5, 0.6) is 0 Å². The molecule has 8 heteroatoms. The van der Waals surface area contributed by atoms with Gasteiger partial charge in [0.2, 0.25) is 5.91 Å². The Balaban J connectivity index is 1.62. The van der Waals surface area contributed by atoms with Crippen molar-refractivity contribution in [2.75, 3.05) is 29.4 Å². The van der Waals surface area contributed by atoms with Crippen molar-refractivity contribution in [3.05, 3.63) is 23.8 Å². The summed E-state index contributed by atoms with van der Waals surface area (Å²) in [5.41, 5.74) is 1.89. The molecular formula is C19H25N3O5. The molecular weight excluding hydrogens is 350 g/mol. The number of carbonyl (C=O) groups is 3. The summed E-state index contributed by atoms with van der Waals surface area (Å²) in [6.45, 7) is 8.38. The predicted octanol–water partition coefficient (Wildman–Crippen LogP) is 2.45. The van der Waals surface area contributed by atoms with Gasteiger partial charge in [0.15, 0.2) is 0 Å². The van der Waals surface area contributed by atoms with Crippen molar-refractivity contribution in [1.29, 1.82) is 0 Å². The monoisotopic (exact) mass is 375 g/mol. The lowest BCUT2D eigenvalue weighted by atomic mass is 10.1. The summed E-state index contributed by atoms with van der Waals surface area (Å²) in [7, 11) is 0. The largest absolute Gasteiger partial charge is 0.444 e. The molecule has 3 rings (SSSR count). The molecule has 0 aromatic heterocycles. The summed E-state index contributed by atoms with van der Waals surface area (Å²) in [6.07, 6.45) is -1.15. The lowest BCUT2D eigenvalue weighted by Crippen LogP contribution is -2.38. The van der Waals surface area contributed by atoms with E-state index in [0.717, 1.165) is 11.3 Å². The third-order valence-corrected chi connectivity index (χ3v) is 4.37. The van der Waals surface area contributed by atoms with E-state index >= 15 is 0 Å². The molecule has 2 aliphatic heterocycles. The maximum absolute atomic E-state index is 12.2. The maximum atomic E-state index is 12.2. The van der Waals surface area contributed by atoms with Crippen LogP contribution in [-0.4, -0.2) is 49.4 Å². The van der Waals surface area contributed by atoms with E-state index in [9.17, 15) is 14.4 Å². The minimum absolute atomic E-state index is 0.0630. The molecule has 0 saturated carbocycles. The van der Waals surface area contributed by atoms with Crippen molar-refractivity contribution >= 4 is 29.5 Å². The van der Waals surface area contributed by atoms with E-state index in [1.165, 1.54) is 4.90 Å². The highest BCUT2D eigenvalue weighted by molar-refractivity contribution is 6.02. The molecule has 27 heavy (non-hydrogen) atoms. The normalized spacial score (nSPS) is 19.2. The van der Waals surface area contributed by atoms with E-state index in [0.29, 0.717) is 25.2 Å². The Bertz CT molecular complexity index is 771. The smallest absolute Gasteiger partial charge is 0.414 e. The fourth-order valence-corrected chi connectivity index (χ4v) is 3.23. The van der Waals surface area contributed by atoms with E-state index in [1.54, 1.807) is 25.7 Å².